The molecule has 128 valence electrons. The van der Waals surface area contributed by atoms with Crippen LogP contribution in [0.3, 0.4) is 0 Å². The number of aromatic nitrogens is 6. The molecule has 4 heterocycles. The van der Waals surface area contributed by atoms with Crippen molar-refractivity contribution in [2.75, 3.05) is 5.32 Å². The Hall–Kier alpha value is -3.47. The first-order chi connectivity index (χ1) is 12.8. The van der Waals surface area contributed by atoms with Gasteiger partial charge in [0.2, 0.25) is 0 Å². The van der Waals surface area contributed by atoms with Gasteiger partial charge < -0.3 is 10.3 Å². The van der Waals surface area contributed by atoms with Gasteiger partial charge in [0.1, 0.15) is 17.7 Å². The van der Waals surface area contributed by atoms with Gasteiger partial charge >= 0.3 is 0 Å². The van der Waals surface area contributed by atoms with E-state index in [0.717, 1.165) is 47.7 Å². The van der Waals surface area contributed by atoms with Crippen molar-refractivity contribution in [1.29, 1.82) is 5.26 Å². The fourth-order valence-electron chi connectivity index (χ4n) is 3.76. The maximum atomic E-state index is 8.87. The van der Waals surface area contributed by atoms with E-state index in [1.165, 1.54) is 0 Å². The van der Waals surface area contributed by atoms with Crippen LogP contribution < -0.4 is 5.32 Å². The van der Waals surface area contributed by atoms with Crippen molar-refractivity contribution in [3.05, 3.63) is 48.2 Å². The van der Waals surface area contributed by atoms with Gasteiger partial charge in [-0.05, 0) is 37.5 Å². The minimum atomic E-state index is 0.330. The number of rotatable bonds is 3. The third kappa shape index (κ3) is 2.37. The lowest BCUT2D eigenvalue weighted by molar-refractivity contribution is 0.651. The quantitative estimate of drug-likeness (QED) is 0.591. The van der Waals surface area contributed by atoms with Gasteiger partial charge in [-0.3, -0.25) is 4.40 Å². The van der Waals surface area contributed by atoms with Gasteiger partial charge in [0.15, 0.2) is 11.3 Å². The topological polar surface area (TPSA) is 108 Å². The Labute approximate surface area is 148 Å². The van der Waals surface area contributed by atoms with Crippen molar-refractivity contribution >= 4 is 22.6 Å². The molecule has 0 saturated heterocycles. The number of fused-ring (bicyclic) bond motifs is 3. The van der Waals surface area contributed by atoms with E-state index >= 15 is 0 Å². The highest BCUT2D eigenvalue weighted by Gasteiger charge is 2.30. The molecule has 1 aliphatic carbocycles. The van der Waals surface area contributed by atoms with Gasteiger partial charge in [-0.15, -0.1) is 10.2 Å². The monoisotopic (exact) mass is 344 g/mol. The van der Waals surface area contributed by atoms with Crippen molar-refractivity contribution < 1.29 is 0 Å². The molecule has 0 aliphatic heterocycles. The van der Waals surface area contributed by atoms with Crippen LogP contribution in [0.25, 0.3) is 16.8 Å². The van der Waals surface area contributed by atoms with Crippen LogP contribution in [0.1, 0.15) is 36.6 Å². The average molecular weight is 344 g/mol. The Morgan fingerprint density at radius 3 is 2.96 bits per heavy atom. The van der Waals surface area contributed by atoms with Crippen molar-refractivity contribution in [3.63, 3.8) is 0 Å². The van der Waals surface area contributed by atoms with Gasteiger partial charge in [-0.25, -0.2) is 9.97 Å². The van der Waals surface area contributed by atoms with Gasteiger partial charge in [0, 0.05) is 24.4 Å². The highest BCUT2D eigenvalue weighted by Crippen LogP contribution is 2.35. The third-order valence-corrected chi connectivity index (χ3v) is 5.01. The zero-order chi connectivity index (χ0) is 17.5. The molecule has 0 radical (unpaired) electrons. The van der Waals surface area contributed by atoms with E-state index in [-0.39, 0.29) is 0 Å². The van der Waals surface area contributed by atoms with Gasteiger partial charge in [-0.1, -0.05) is 0 Å². The van der Waals surface area contributed by atoms with Crippen molar-refractivity contribution in [1.82, 2.24) is 29.5 Å². The van der Waals surface area contributed by atoms with E-state index in [2.05, 4.69) is 40.9 Å². The summed E-state index contributed by atoms with van der Waals surface area (Å²) in [6.45, 7) is 0. The Bertz CT molecular complexity index is 1120. The number of nitrogens with zero attached hydrogens (tertiary/aromatic N) is 6. The molecule has 5 rings (SSSR count). The third-order valence-electron chi connectivity index (χ3n) is 5.01. The molecule has 0 bridgehead atoms. The summed E-state index contributed by atoms with van der Waals surface area (Å²) in [5.74, 6) is 2.13. The number of anilines is 1. The first-order valence-corrected chi connectivity index (χ1v) is 8.61. The number of H-pyrrole nitrogens is 1. The number of hydrogen-bond acceptors (Lipinski definition) is 6. The molecule has 0 spiro atoms. The molecule has 0 aromatic carbocycles. The van der Waals surface area contributed by atoms with Gasteiger partial charge in [0.25, 0.3) is 0 Å². The summed E-state index contributed by atoms with van der Waals surface area (Å²) >= 11 is 0. The molecule has 8 nitrogen and oxygen atoms in total. The van der Waals surface area contributed by atoms with Crippen LogP contribution in [0.4, 0.5) is 5.82 Å². The predicted octanol–water partition coefficient (Wildman–Crippen LogP) is 2.62. The van der Waals surface area contributed by atoms with Crippen LogP contribution in [-0.2, 0) is 0 Å². The first-order valence-electron chi connectivity index (χ1n) is 8.61. The summed E-state index contributed by atoms with van der Waals surface area (Å²) < 4.78 is 2.10. The molecule has 4 aromatic heterocycles. The standard InChI is InChI=1S/C18H16N8/c19-8-11-1-4-15(21-9-11)23-13-3-2-12(7-13)18-25-24-16-10-22-17-14(26(16)18)5-6-20-17/h1,4-6,9-10,12-13,20H,2-3,7H2,(H,21,23)/t12-,13+/m0/s1. The molecule has 0 unspecified atom stereocenters. The molecule has 0 amide bonds. The van der Waals surface area contributed by atoms with Crippen molar-refractivity contribution in [3.8, 4) is 6.07 Å². The summed E-state index contributed by atoms with van der Waals surface area (Å²) in [5, 5.41) is 21.1. The number of hydrogen-bond donors (Lipinski definition) is 2. The lowest BCUT2D eigenvalue weighted by Crippen LogP contribution is -2.16. The van der Waals surface area contributed by atoms with Crippen LogP contribution in [0.15, 0.2) is 36.8 Å². The van der Waals surface area contributed by atoms with Crippen LogP contribution in [-0.4, -0.2) is 35.6 Å². The highest BCUT2D eigenvalue weighted by atomic mass is 15.3. The Morgan fingerprint density at radius 2 is 2.12 bits per heavy atom. The van der Waals surface area contributed by atoms with E-state index in [1.54, 1.807) is 18.5 Å². The molecule has 4 aromatic rings. The number of nitrogens with one attached hydrogen (secondary N) is 2. The summed E-state index contributed by atoms with van der Waals surface area (Å²) in [5.41, 5.74) is 3.19. The second-order valence-electron chi connectivity index (χ2n) is 6.62. The second kappa shape index (κ2) is 5.81. The zero-order valence-electron chi connectivity index (χ0n) is 13.9. The van der Waals surface area contributed by atoms with E-state index in [1.807, 2.05) is 18.3 Å². The summed E-state index contributed by atoms with van der Waals surface area (Å²) in [6.07, 6.45) is 8.29. The molecule has 2 atom stereocenters. The first kappa shape index (κ1) is 14.8. The van der Waals surface area contributed by atoms with Crippen LogP contribution in [0, 0.1) is 11.3 Å². The zero-order valence-corrected chi connectivity index (χ0v) is 13.9. The van der Waals surface area contributed by atoms with E-state index in [0.29, 0.717) is 17.5 Å². The minimum absolute atomic E-state index is 0.330. The van der Waals surface area contributed by atoms with E-state index in [9.17, 15) is 0 Å². The molecular weight excluding hydrogens is 328 g/mol. The van der Waals surface area contributed by atoms with Crippen LogP contribution >= 0.6 is 0 Å². The summed E-state index contributed by atoms with van der Waals surface area (Å²) in [6, 6.07) is 8.06. The smallest absolute Gasteiger partial charge is 0.179 e. The Kier molecular flexibility index (Phi) is 3.31. The maximum absolute atomic E-state index is 8.87. The average Bonchev–Trinajstić information content (AvgIpc) is 3.40. The van der Waals surface area contributed by atoms with Crippen molar-refractivity contribution in [2.45, 2.75) is 31.2 Å². The fourth-order valence-corrected chi connectivity index (χ4v) is 3.76. The fraction of sp³-hybridized carbons (Fsp3) is 0.278. The molecule has 8 heteroatoms. The SMILES string of the molecule is N#Cc1ccc(N[C@@H]2CC[C@H](c3nnc4cnc5[nH]ccc5n34)C2)nc1. The number of pyridine rings is 1. The Morgan fingerprint density at radius 1 is 1.15 bits per heavy atom. The largest absolute Gasteiger partial charge is 0.367 e. The van der Waals surface area contributed by atoms with Gasteiger partial charge in [-0.2, -0.15) is 5.26 Å². The molecule has 2 N–H and O–H groups in total. The summed E-state index contributed by atoms with van der Waals surface area (Å²) in [7, 11) is 0. The molecule has 1 fully saturated rings. The minimum Gasteiger partial charge on any atom is -0.367 e. The Balaban J connectivity index is 1.39. The molecule has 1 saturated carbocycles. The van der Waals surface area contributed by atoms with Crippen LogP contribution in [0.5, 0.6) is 0 Å². The number of aromatic amines is 1. The lowest BCUT2D eigenvalue weighted by atomic mass is 10.1. The van der Waals surface area contributed by atoms with Gasteiger partial charge in [0.05, 0.1) is 17.3 Å². The molecular formula is C18H16N8. The lowest BCUT2D eigenvalue weighted by Gasteiger charge is -2.13. The van der Waals surface area contributed by atoms with E-state index in [4.69, 9.17) is 5.26 Å². The summed E-state index contributed by atoms with van der Waals surface area (Å²) in [4.78, 5) is 11.8. The second-order valence-corrected chi connectivity index (χ2v) is 6.62. The maximum Gasteiger partial charge on any atom is 0.179 e. The highest BCUT2D eigenvalue weighted by molar-refractivity contribution is 5.74. The molecule has 1 aliphatic rings. The predicted molar refractivity (Wildman–Crippen MR) is 95.6 cm³/mol. The number of nitriles is 1. The van der Waals surface area contributed by atoms with E-state index < -0.39 is 0 Å². The van der Waals surface area contributed by atoms with Crippen molar-refractivity contribution in [2.24, 2.45) is 0 Å². The van der Waals surface area contributed by atoms with Crippen LogP contribution in [0.2, 0.25) is 0 Å². The molecule has 26 heavy (non-hydrogen) atoms. The normalized spacial score (nSPS) is 19.8.